The number of aromatic nitrogens is 1. The van der Waals surface area contributed by atoms with Crippen LogP contribution >= 0.6 is 0 Å². The van der Waals surface area contributed by atoms with Crippen molar-refractivity contribution in [2.24, 2.45) is 0 Å². The van der Waals surface area contributed by atoms with Crippen molar-refractivity contribution in [1.82, 2.24) is 4.57 Å². The molecule has 0 bridgehead atoms. The molecule has 2 aliphatic rings. The van der Waals surface area contributed by atoms with Gasteiger partial charge in [0.15, 0.2) is 0 Å². The third-order valence-corrected chi connectivity index (χ3v) is 12.1. The van der Waals surface area contributed by atoms with Gasteiger partial charge < -0.3 is 9.47 Å². The zero-order valence-electron chi connectivity index (χ0n) is 31.7. The van der Waals surface area contributed by atoms with Crippen LogP contribution in [0, 0.1) is 0 Å². The van der Waals surface area contributed by atoms with Crippen LogP contribution < -0.4 is 4.90 Å². The minimum Gasteiger partial charge on any atom is -0.310 e. The molecule has 10 aromatic rings. The molecule has 2 nitrogen and oxygen atoms in total. The van der Waals surface area contributed by atoms with Gasteiger partial charge in [0.05, 0.1) is 11.0 Å². The molecule has 0 N–H and O–H groups in total. The lowest BCUT2D eigenvalue weighted by molar-refractivity contribution is 1.18. The van der Waals surface area contributed by atoms with E-state index in [4.69, 9.17) is 0 Å². The Bertz CT molecular complexity index is 3210. The quantitative estimate of drug-likeness (QED) is 0.171. The molecule has 0 radical (unpaired) electrons. The Labute approximate surface area is 337 Å². The van der Waals surface area contributed by atoms with E-state index in [-0.39, 0.29) is 0 Å². The predicted molar refractivity (Wildman–Crippen MR) is 243 cm³/mol. The van der Waals surface area contributed by atoms with Crippen LogP contribution in [0.1, 0.15) is 22.3 Å². The van der Waals surface area contributed by atoms with Crippen LogP contribution in [0.5, 0.6) is 0 Å². The first kappa shape index (κ1) is 32.6. The molecule has 0 aliphatic heterocycles. The summed E-state index contributed by atoms with van der Waals surface area (Å²) >= 11 is 0. The van der Waals surface area contributed by atoms with Gasteiger partial charge in [-0.3, -0.25) is 0 Å². The fourth-order valence-electron chi connectivity index (χ4n) is 9.58. The maximum absolute atomic E-state index is 2.42. The van der Waals surface area contributed by atoms with Gasteiger partial charge in [-0.25, -0.2) is 0 Å². The van der Waals surface area contributed by atoms with Gasteiger partial charge in [-0.05, 0) is 134 Å². The average Bonchev–Trinajstić information content (AvgIpc) is 3.92. The minimum absolute atomic E-state index is 1.11. The van der Waals surface area contributed by atoms with Gasteiger partial charge in [0, 0.05) is 33.5 Å². The zero-order valence-corrected chi connectivity index (χ0v) is 31.7. The summed E-state index contributed by atoms with van der Waals surface area (Å²) in [6.07, 6.45) is 0. The van der Waals surface area contributed by atoms with E-state index in [1.807, 2.05) is 0 Å². The molecule has 0 spiro atoms. The van der Waals surface area contributed by atoms with Crippen molar-refractivity contribution >= 4 is 50.0 Å². The summed E-state index contributed by atoms with van der Waals surface area (Å²) in [5, 5.41) is 2.51. The number of fused-ring (bicyclic) bond motifs is 9. The Hall–Kier alpha value is -7.68. The first-order chi connectivity index (χ1) is 28.8. The van der Waals surface area contributed by atoms with Crippen molar-refractivity contribution in [3.63, 3.8) is 0 Å². The summed E-state index contributed by atoms with van der Waals surface area (Å²) in [6.45, 7) is 0. The summed E-state index contributed by atoms with van der Waals surface area (Å²) in [5.41, 5.74) is 22.3. The Balaban J connectivity index is 0.993. The molecule has 2 heteroatoms. The standard InChI is InChI=1S/C56H36N2/c1-3-15-39(16-4-1)57(41-30-27-37(28-31-41)38-29-34-54-51(35-38)47-22-13-14-26-53(47)58(54)40-17-5-2-6-18-40)42-32-33-46-45-21-9-12-25-50(45)56(52(46)36-42)55-48-23-10-7-19-43(48)44-20-8-11-24-49(44)55/h1-36H. The Kier molecular flexibility index (Phi) is 7.26. The molecule has 0 saturated carbocycles. The van der Waals surface area contributed by atoms with Crippen molar-refractivity contribution < 1.29 is 0 Å². The first-order valence-electron chi connectivity index (χ1n) is 20.0. The Morgan fingerprint density at radius 3 is 1.40 bits per heavy atom. The third kappa shape index (κ3) is 4.92. The summed E-state index contributed by atoms with van der Waals surface area (Å²) < 4.78 is 2.37. The second kappa shape index (κ2) is 12.9. The highest BCUT2D eigenvalue weighted by atomic mass is 15.1. The molecule has 0 amide bonds. The monoisotopic (exact) mass is 736 g/mol. The van der Waals surface area contributed by atoms with Gasteiger partial charge >= 0.3 is 0 Å². The molecule has 2 aliphatic carbocycles. The van der Waals surface area contributed by atoms with E-state index in [1.165, 1.54) is 94.3 Å². The molecule has 0 saturated heterocycles. The second-order valence-corrected chi connectivity index (χ2v) is 15.3. The highest BCUT2D eigenvalue weighted by Gasteiger charge is 2.32. The van der Waals surface area contributed by atoms with Crippen LogP contribution in [0.2, 0.25) is 0 Å². The predicted octanol–water partition coefficient (Wildman–Crippen LogP) is 14.9. The molecular weight excluding hydrogens is 701 g/mol. The summed E-state index contributed by atoms with van der Waals surface area (Å²) in [7, 11) is 0. The number of nitrogens with zero attached hydrogens (tertiary/aromatic N) is 2. The third-order valence-electron chi connectivity index (χ3n) is 12.1. The first-order valence-corrected chi connectivity index (χ1v) is 20.0. The SMILES string of the molecule is c1ccc(N(c2ccc(-c3ccc4c(c3)c3ccccc3n4-c3ccccc3)cc2)c2ccc3c(c2)C(=C2c4ccccc4-c4ccccc42)c2ccccc2-3)cc1. The van der Waals surface area contributed by atoms with E-state index >= 15 is 0 Å². The lowest BCUT2D eigenvalue weighted by atomic mass is 9.91. The van der Waals surface area contributed by atoms with E-state index in [2.05, 4.69) is 228 Å². The highest BCUT2D eigenvalue weighted by molar-refractivity contribution is 6.19. The summed E-state index contributed by atoms with van der Waals surface area (Å²) in [6, 6.07) is 79.8. The molecular formula is C56H36N2. The molecule has 270 valence electrons. The van der Waals surface area contributed by atoms with Gasteiger partial charge in [0.2, 0.25) is 0 Å². The molecule has 0 fully saturated rings. The van der Waals surface area contributed by atoms with Gasteiger partial charge in [-0.15, -0.1) is 0 Å². The number of hydrogen-bond acceptors (Lipinski definition) is 1. The smallest absolute Gasteiger partial charge is 0.0541 e. The molecule has 1 aromatic heterocycles. The van der Waals surface area contributed by atoms with Crippen LogP contribution in [0.4, 0.5) is 17.1 Å². The maximum Gasteiger partial charge on any atom is 0.0541 e. The van der Waals surface area contributed by atoms with Crippen molar-refractivity contribution in [2.75, 3.05) is 4.90 Å². The van der Waals surface area contributed by atoms with Crippen LogP contribution in [0.15, 0.2) is 218 Å². The lowest BCUT2D eigenvalue weighted by Gasteiger charge is -2.26. The fraction of sp³-hybridized carbons (Fsp3) is 0. The van der Waals surface area contributed by atoms with Crippen LogP contribution in [0.25, 0.3) is 72.0 Å². The summed E-state index contributed by atoms with van der Waals surface area (Å²) in [5.74, 6) is 0. The normalized spacial score (nSPS) is 12.4. The molecule has 58 heavy (non-hydrogen) atoms. The van der Waals surface area contributed by atoms with E-state index in [0.717, 1.165) is 17.1 Å². The van der Waals surface area contributed by atoms with Crippen LogP contribution in [-0.4, -0.2) is 4.57 Å². The molecule has 0 atom stereocenters. The van der Waals surface area contributed by atoms with Crippen LogP contribution in [0.3, 0.4) is 0 Å². The van der Waals surface area contributed by atoms with Crippen molar-refractivity contribution in [2.45, 2.75) is 0 Å². The van der Waals surface area contributed by atoms with E-state index in [1.54, 1.807) is 0 Å². The van der Waals surface area contributed by atoms with E-state index < -0.39 is 0 Å². The molecule has 0 unspecified atom stereocenters. The largest absolute Gasteiger partial charge is 0.310 e. The van der Waals surface area contributed by atoms with E-state index in [9.17, 15) is 0 Å². The number of anilines is 3. The van der Waals surface area contributed by atoms with Gasteiger partial charge in [0.1, 0.15) is 0 Å². The Morgan fingerprint density at radius 1 is 0.276 bits per heavy atom. The van der Waals surface area contributed by atoms with Gasteiger partial charge in [-0.1, -0.05) is 152 Å². The van der Waals surface area contributed by atoms with Gasteiger partial charge in [-0.2, -0.15) is 0 Å². The number of rotatable bonds is 5. The van der Waals surface area contributed by atoms with Crippen LogP contribution in [-0.2, 0) is 0 Å². The summed E-state index contributed by atoms with van der Waals surface area (Å²) in [4.78, 5) is 2.39. The maximum atomic E-state index is 2.42. The van der Waals surface area contributed by atoms with Crippen molar-refractivity contribution in [3.8, 4) is 39.1 Å². The average molecular weight is 737 g/mol. The number of benzene rings is 9. The number of hydrogen-bond donors (Lipinski definition) is 0. The Morgan fingerprint density at radius 2 is 0.741 bits per heavy atom. The fourth-order valence-corrected chi connectivity index (χ4v) is 9.58. The number of para-hydroxylation sites is 3. The topological polar surface area (TPSA) is 8.17 Å². The van der Waals surface area contributed by atoms with E-state index in [0.29, 0.717) is 0 Å². The van der Waals surface area contributed by atoms with Gasteiger partial charge in [0.25, 0.3) is 0 Å². The molecule has 12 rings (SSSR count). The highest BCUT2D eigenvalue weighted by Crippen LogP contribution is 2.55. The lowest BCUT2D eigenvalue weighted by Crippen LogP contribution is -2.10. The second-order valence-electron chi connectivity index (χ2n) is 15.3. The minimum atomic E-state index is 1.11. The molecule has 9 aromatic carbocycles. The van der Waals surface area contributed by atoms with Crippen molar-refractivity contribution in [3.05, 3.63) is 241 Å². The zero-order chi connectivity index (χ0) is 38.2. The van der Waals surface area contributed by atoms with Crippen molar-refractivity contribution in [1.29, 1.82) is 0 Å². The molecule has 1 heterocycles.